The van der Waals surface area contributed by atoms with E-state index in [1.54, 1.807) is 19.2 Å². The SMILES string of the molecule is COc1ccc2c(c1)S[C@H](CC(=O)Nc1ccc(C(=O)O)cc1)C(=O)N2. The molecule has 1 aliphatic heterocycles. The average Bonchev–Trinajstić information content (AvgIpc) is 2.62. The number of thioether (sulfide) groups is 1. The molecule has 2 amide bonds. The van der Waals surface area contributed by atoms with Gasteiger partial charge in [-0.05, 0) is 42.5 Å². The van der Waals surface area contributed by atoms with Gasteiger partial charge in [0.15, 0.2) is 0 Å². The standard InChI is InChI=1S/C18H16N2O5S/c1-25-12-6-7-13-14(8-12)26-15(17(22)20-13)9-16(21)19-11-4-2-10(3-5-11)18(23)24/h2-8,15H,9H2,1H3,(H,19,21)(H,20,22)(H,23,24)/t15-/m1/s1. The number of carboxylic acids is 1. The molecule has 2 aromatic rings. The van der Waals surface area contributed by atoms with Crippen LogP contribution in [0, 0.1) is 0 Å². The number of hydrogen-bond donors (Lipinski definition) is 3. The molecule has 134 valence electrons. The fraction of sp³-hybridized carbons (Fsp3) is 0.167. The monoisotopic (exact) mass is 372 g/mol. The van der Waals surface area contributed by atoms with Gasteiger partial charge >= 0.3 is 5.97 Å². The highest BCUT2D eigenvalue weighted by Gasteiger charge is 2.29. The Morgan fingerprint density at radius 1 is 1.23 bits per heavy atom. The third-order valence-corrected chi connectivity index (χ3v) is 5.05. The van der Waals surface area contributed by atoms with Crippen LogP contribution in [0.25, 0.3) is 0 Å². The number of nitrogens with one attached hydrogen (secondary N) is 2. The van der Waals surface area contributed by atoms with Crippen molar-refractivity contribution in [1.82, 2.24) is 0 Å². The Bertz CT molecular complexity index is 866. The van der Waals surface area contributed by atoms with Gasteiger partial charge < -0.3 is 20.5 Å². The number of carboxylic acid groups (broad SMARTS) is 1. The minimum Gasteiger partial charge on any atom is -0.497 e. The Kier molecular flexibility index (Phi) is 5.13. The number of benzene rings is 2. The molecule has 0 radical (unpaired) electrons. The van der Waals surface area contributed by atoms with Crippen LogP contribution in [0.15, 0.2) is 47.4 Å². The van der Waals surface area contributed by atoms with Crippen molar-refractivity contribution in [2.75, 3.05) is 17.7 Å². The second-order valence-corrected chi connectivity index (χ2v) is 6.84. The van der Waals surface area contributed by atoms with E-state index in [1.807, 2.05) is 6.07 Å². The number of hydrogen-bond acceptors (Lipinski definition) is 5. The van der Waals surface area contributed by atoms with E-state index in [0.29, 0.717) is 17.1 Å². The minimum atomic E-state index is -1.03. The predicted octanol–water partition coefficient (Wildman–Crippen LogP) is 2.83. The topological polar surface area (TPSA) is 105 Å². The van der Waals surface area contributed by atoms with Crippen molar-refractivity contribution < 1.29 is 24.2 Å². The molecule has 0 aromatic heterocycles. The maximum Gasteiger partial charge on any atom is 0.335 e. The molecule has 0 unspecified atom stereocenters. The average molecular weight is 372 g/mol. The summed E-state index contributed by atoms with van der Waals surface area (Å²) in [4.78, 5) is 36.1. The highest BCUT2D eigenvalue weighted by molar-refractivity contribution is 8.01. The van der Waals surface area contributed by atoms with E-state index in [0.717, 1.165) is 4.90 Å². The van der Waals surface area contributed by atoms with Crippen LogP contribution in [0.3, 0.4) is 0 Å². The summed E-state index contributed by atoms with van der Waals surface area (Å²) < 4.78 is 5.18. The molecule has 3 N–H and O–H groups in total. The maximum atomic E-state index is 12.2. The summed E-state index contributed by atoms with van der Waals surface area (Å²) in [6.07, 6.45) is -0.00612. The van der Waals surface area contributed by atoms with Crippen molar-refractivity contribution in [3.05, 3.63) is 48.0 Å². The van der Waals surface area contributed by atoms with Crippen molar-refractivity contribution in [3.8, 4) is 5.75 Å². The number of methoxy groups -OCH3 is 1. The molecular weight excluding hydrogens is 356 g/mol. The Hall–Kier alpha value is -3.00. The fourth-order valence-electron chi connectivity index (χ4n) is 2.46. The molecule has 0 spiro atoms. The summed E-state index contributed by atoms with van der Waals surface area (Å²) in [7, 11) is 1.56. The first-order valence-electron chi connectivity index (χ1n) is 7.75. The third-order valence-electron chi connectivity index (χ3n) is 3.79. The second-order valence-electron chi connectivity index (χ2n) is 5.59. The van der Waals surface area contributed by atoms with E-state index < -0.39 is 11.2 Å². The van der Waals surface area contributed by atoms with Crippen LogP contribution in [0.5, 0.6) is 5.75 Å². The molecule has 26 heavy (non-hydrogen) atoms. The number of ether oxygens (including phenoxy) is 1. The zero-order chi connectivity index (χ0) is 18.7. The fourth-order valence-corrected chi connectivity index (χ4v) is 3.60. The smallest absolute Gasteiger partial charge is 0.335 e. The molecule has 0 saturated heterocycles. The molecule has 1 aliphatic rings. The van der Waals surface area contributed by atoms with E-state index in [1.165, 1.54) is 36.0 Å². The van der Waals surface area contributed by atoms with Gasteiger partial charge in [0, 0.05) is 17.0 Å². The van der Waals surface area contributed by atoms with Gasteiger partial charge in [-0.25, -0.2) is 4.79 Å². The third kappa shape index (κ3) is 3.97. The Labute approximate surface area is 153 Å². The zero-order valence-corrected chi connectivity index (χ0v) is 14.6. The van der Waals surface area contributed by atoms with Gasteiger partial charge in [0.25, 0.3) is 0 Å². The van der Waals surface area contributed by atoms with Crippen molar-refractivity contribution in [3.63, 3.8) is 0 Å². The largest absolute Gasteiger partial charge is 0.497 e. The summed E-state index contributed by atoms with van der Waals surface area (Å²) in [6.45, 7) is 0. The van der Waals surface area contributed by atoms with Crippen LogP contribution in [0.1, 0.15) is 16.8 Å². The first-order valence-corrected chi connectivity index (χ1v) is 8.63. The van der Waals surface area contributed by atoms with E-state index in [2.05, 4.69) is 10.6 Å². The quantitative estimate of drug-likeness (QED) is 0.745. The van der Waals surface area contributed by atoms with E-state index in [4.69, 9.17) is 9.84 Å². The summed E-state index contributed by atoms with van der Waals surface area (Å²) in [5.74, 6) is -0.919. The second kappa shape index (κ2) is 7.49. The van der Waals surface area contributed by atoms with E-state index in [9.17, 15) is 14.4 Å². The molecule has 2 aromatic carbocycles. The lowest BCUT2D eigenvalue weighted by Gasteiger charge is -2.24. The van der Waals surface area contributed by atoms with Crippen LogP contribution >= 0.6 is 11.8 Å². The van der Waals surface area contributed by atoms with Crippen LogP contribution in [0.4, 0.5) is 11.4 Å². The van der Waals surface area contributed by atoms with Gasteiger partial charge in [-0.15, -0.1) is 11.8 Å². The Morgan fingerprint density at radius 2 is 1.96 bits per heavy atom. The van der Waals surface area contributed by atoms with Gasteiger partial charge in [-0.3, -0.25) is 9.59 Å². The lowest BCUT2D eigenvalue weighted by atomic mass is 10.2. The molecular formula is C18H16N2O5S. The molecule has 1 heterocycles. The van der Waals surface area contributed by atoms with Crippen LogP contribution in [-0.4, -0.2) is 35.2 Å². The molecule has 8 heteroatoms. The summed E-state index contributed by atoms with van der Waals surface area (Å²) in [5, 5.41) is 13.8. The molecule has 1 atom stereocenters. The molecule has 0 bridgehead atoms. The number of aromatic carboxylic acids is 1. The first-order chi connectivity index (χ1) is 12.5. The van der Waals surface area contributed by atoms with Gasteiger partial charge in [-0.1, -0.05) is 0 Å². The lowest BCUT2D eigenvalue weighted by Crippen LogP contribution is -2.32. The number of fused-ring (bicyclic) bond motifs is 1. The first kappa shape index (κ1) is 17.8. The van der Waals surface area contributed by atoms with E-state index in [-0.39, 0.29) is 23.8 Å². The Morgan fingerprint density at radius 3 is 2.62 bits per heavy atom. The lowest BCUT2D eigenvalue weighted by molar-refractivity contribution is -0.120. The molecule has 0 aliphatic carbocycles. The number of carbonyl (C=O) groups excluding carboxylic acids is 2. The predicted molar refractivity (Wildman–Crippen MR) is 97.9 cm³/mol. The van der Waals surface area contributed by atoms with Crippen molar-refractivity contribution in [2.24, 2.45) is 0 Å². The number of rotatable bonds is 5. The van der Waals surface area contributed by atoms with Gasteiger partial charge in [0.05, 0.1) is 23.6 Å². The molecule has 0 fully saturated rings. The molecule has 3 rings (SSSR count). The molecule has 0 saturated carbocycles. The Balaban J connectivity index is 1.65. The number of anilines is 2. The van der Waals surface area contributed by atoms with Gasteiger partial charge in [0.2, 0.25) is 11.8 Å². The summed E-state index contributed by atoms with van der Waals surface area (Å²) in [5.41, 5.74) is 1.31. The number of carbonyl (C=O) groups is 3. The van der Waals surface area contributed by atoms with Crippen LogP contribution in [0.2, 0.25) is 0 Å². The summed E-state index contributed by atoms with van der Waals surface area (Å²) >= 11 is 1.31. The normalized spacial score (nSPS) is 15.6. The van der Waals surface area contributed by atoms with Crippen molar-refractivity contribution in [2.45, 2.75) is 16.6 Å². The van der Waals surface area contributed by atoms with Crippen molar-refractivity contribution in [1.29, 1.82) is 0 Å². The highest BCUT2D eigenvalue weighted by atomic mass is 32.2. The van der Waals surface area contributed by atoms with Gasteiger partial charge in [-0.2, -0.15) is 0 Å². The summed E-state index contributed by atoms with van der Waals surface area (Å²) in [6, 6.07) is 11.2. The highest BCUT2D eigenvalue weighted by Crippen LogP contribution is 2.39. The van der Waals surface area contributed by atoms with Crippen LogP contribution in [-0.2, 0) is 9.59 Å². The zero-order valence-electron chi connectivity index (χ0n) is 13.8. The minimum absolute atomic E-state index is 0.00612. The van der Waals surface area contributed by atoms with E-state index >= 15 is 0 Å². The van der Waals surface area contributed by atoms with Crippen molar-refractivity contribution >= 4 is 40.9 Å². The molecule has 7 nitrogen and oxygen atoms in total. The number of amides is 2. The van der Waals surface area contributed by atoms with Crippen LogP contribution < -0.4 is 15.4 Å². The maximum absolute atomic E-state index is 12.2. The van der Waals surface area contributed by atoms with Gasteiger partial charge in [0.1, 0.15) is 5.75 Å².